The van der Waals surface area contributed by atoms with E-state index in [2.05, 4.69) is 230 Å². The summed E-state index contributed by atoms with van der Waals surface area (Å²) in [6, 6.07) is 72.5. The molecule has 4 aliphatic rings. The molecule has 3 heteroatoms. The SMILES string of the molecule is CC1(C)c2ccccc2-c2ccc(-c3c4ccc(N5c6ccccc6Cc6ccccc65)cc4c(-c4ccc5c(c4)CCC=C5)c4ccc(N5c6ccccc6Oc6ccccc65)cc34)cc21. The number of nitrogens with zero attached hydrogens (tertiary/aromatic N) is 2. The number of rotatable bonds is 4. The molecule has 0 N–H and O–H groups in total. The topological polar surface area (TPSA) is 15.7 Å². The number of benzene rings is 10. The Balaban J connectivity index is 1.09. The average molecular weight is 859 g/mol. The van der Waals surface area contributed by atoms with Gasteiger partial charge in [0.25, 0.3) is 0 Å². The van der Waals surface area contributed by atoms with Gasteiger partial charge in [0.05, 0.1) is 11.4 Å². The maximum atomic E-state index is 6.53. The second kappa shape index (κ2) is 14.4. The molecular formula is C64H46N2O. The van der Waals surface area contributed by atoms with E-state index in [1.807, 2.05) is 0 Å². The van der Waals surface area contributed by atoms with Crippen molar-refractivity contribution >= 4 is 61.7 Å². The van der Waals surface area contributed by atoms with Crippen LogP contribution < -0.4 is 14.5 Å². The summed E-state index contributed by atoms with van der Waals surface area (Å²) in [6.45, 7) is 4.77. The predicted molar refractivity (Wildman–Crippen MR) is 279 cm³/mol. The number of aryl methyl sites for hydroxylation is 1. The Bertz CT molecular complexity index is 3670. The largest absolute Gasteiger partial charge is 0.453 e. The first-order chi connectivity index (χ1) is 33.0. The van der Waals surface area contributed by atoms with Crippen molar-refractivity contribution < 1.29 is 4.74 Å². The highest BCUT2D eigenvalue weighted by atomic mass is 16.5. The molecule has 2 heterocycles. The molecule has 14 rings (SSSR count). The quantitative estimate of drug-likeness (QED) is 0.164. The van der Waals surface area contributed by atoms with Gasteiger partial charge < -0.3 is 14.5 Å². The van der Waals surface area contributed by atoms with Gasteiger partial charge in [0, 0.05) is 34.6 Å². The van der Waals surface area contributed by atoms with E-state index in [0.29, 0.717) is 0 Å². The number of fused-ring (bicyclic) bond motifs is 10. The van der Waals surface area contributed by atoms with E-state index in [1.165, 1.54) is 99.7 Å². The molecule has 0 atom stereocenters. The van der Waals surface area contributed by atoms with Gasteiger partial charge in [-0.05, 0) is 168 Å². The van der Waals surface area contributed by atoms with Crippen molar-refractivity contribution in [1.29, 1.82) is 0 Å². The zero-order chi connectivity index (χ0) is 44.4. The third-order valence-electron chi connectivity index (χ3n) is 15.1. The van der Waals surface area contributed by atoms with E-state index in [-0.39, 0.29) is 5.41 Å². The molecule has 0 amide bonds. The second-order valence-corrected chi connectivity index (χ2v) is 19.1. The first-order valence-electron chi connectivity index (χ1n) is 23.7. The number of ether oxygens (including phenoxy) is 1. The monoisotopic (exact) mass is 858 g/mol. The minimum Gasteiger partial charge on any atom is -0.453 e. The molecule has 10 aromatic carbocycles. The third kappa shape index (κ3) is 5.71. The highest BCUT2D eigenvalue weighted by Gasteiger charge is 2.36. The van der Waals surface area contributed by atoms with Crippen molar-refractivity contribution in [2.24, 2.45) is 0 Å². The van der Waals surface area contributed by atoms with Crippen LogP contribution in [0.5, 0.6) is 11.5 Å². The van der Waals surface area contributed by atoms with Crippen molar-refractivity contribution in [2.45, 2.75) is 38.5 Å². The lowest BCUT2D eigenvalue weighted by atomic mass is 9.80. The summed E-state index contributed by atoms with van der Waals surface area (Å²) in [6.07, 6.45) is 7.61. The zero-order valence-electron chi connectivity index (χ0n) is 37.6. The van der Waals surface area contributed by atoms with Crippen molar-refractivity contribution in [3.05, 3.63) is 234 Å². The first kappa shape index (κ1) is 38.2. The van der Waals surface area contributed by atoms with Gasteiger partial charge >= 0.3 is 0 Å². The van der Waals surface area contributed by atoms with E-state index < -0.39 is 0 Å². The summed E-state index contributed by atoms with van der Waals surface area (Å²) in [7, 11) is 0. The van der Waals surface area contributed by atoms with E-state index in [4.69, 9.17) is 4.74 Å². The standard InChI is InChI=1S/C64H46N2O/c1-64(2)54-20-8-7-19-48(54)49-32-29-45(37-55(49)64)63-51-33-30-46(65-56-21-9-5-17-42(56)36-43-18-6-10-22-57(43)65)38-52(51)62(44-28-27-40-15-3-4-16-41(40)35-44)50-34-31-47(39-53(50)63)66-58-23-11-13-25-60(58)67-61-26-14-12-24-59(61)66/h3,5-15,17-35,37-39H,4,16,36H2,1-2H3. The molecule has 0 radical (unpaired) electrons. The van der Waals surface area contributed by atoms with Crippen LogP contribution in [0, 0.1) is 0 Å². The highest BCUT2D eigenvalue weighted by molar-refractivity contribution is 6.23. The maximum Gasteiger partial charge on any atom is 0.151 e. The lowest BCUT2D eigenvalue weighted by Gasteiger charge is -2.34. The van der Waals surface area contributed by atoms with Crippen LogP contribution in [0.3, 0.4) is 0 Å². The summed E-state index contributed by atoms with van der Waals surface area (Å²) >= 11 is 0. The van der Waals surface area contributed by atoms with Gasteiger partial charge in [-0.15, -0.1) is 0 Å². The van der Waals surface area contributed by atoms with Gasteiger partial charge in [0.15, 0.2) is 11.5 Å². The molecule has 67 heavy (non-hydrogen) atoms. The summed E-state index contributed by atoms with van der Waals surface area (Å²) in [4.78, 5) is 4.87. The van der Waals surface area contributed by atoms with Crippen LogP contribution in [0.2, 0.25) is 0 Å². The third-order valence-corrected chi connectivity index (χ3v) is 15.1. The van der Waals surface area contributed by atoms with Gasteiger partial charge in [-0.1, -0.05) is 153 Å². The van der Waals surface area contributed by atoms with Crippen LogP contribution >= 0.6 is 0 Å². The van der Waals surface area contributed by atoms with Crippen LogP contribution in [-0.2, 0) is 18.3 Å². The smallest absolute Gasteiger partial charge is 0.151 e. The Morgan fingerprint density at radius 2 is 0.970 bits per heavy atom. The molecule has 0 fully saturated rings. The second-order valence-electron chi connectivity index (χ2n) is 19.1. The van der Waals surface area contributed by atoms with Gasteiger partial charge in [-0.25, -0.2) is 0 Å². The number of anilines is 6. The summed E-state index contributed by atoms with van der Waals surface area (Å²) in [5.41, 5.74) is 22.4. The molecule has 0 bridgehead atoms. The Morgan fingerprint density at radius 3 is 1.64 bits per heavy atom. The Morgan fingerprint density at radius 1 is 0.433 bits per heavy atom. The highest BCUT2D eigenvalue weighted by Crippen LogP contribution is 2.55. The molecule has 10 aromatic rings. The molecular weight excluding hydrogens is 813 g/mol. The minimum atomic E-state index is -0.153. The molecule has 0 saturated heterocycles. The first-order valence-corrected chi connectivity index (χ1v) is 23.7. The number of para-hydroxylation sites is 6. The Kier molecular flexibility index (Phi) is 8.22. The molecule has 3 nitrogen and oxygen atoms in total. The fourth-order valence-corrected chi connectivity index (χ4v) is 11.9. The van der Waals surface area contributed by atoms with Crippen LogP contribution in [-0.4, -0.2) is 0 Å². The fraction of sp³-hybridized carbons (Fsp3) is 0.0938. The molecule has 318 valence electrons. The number of hydrogen-bond acceptors (Lipinski definition) is 3. The summed E-state index contributed by atoms with van der Waals surface area (Å²) in [5.74, 6) is 1.69. The van der Waals surface area contributed by atoms with Crippen molar-refractivity contribution in [3.63, 3.8) is 0 Å². The minimum absolute atomic E-state index is 0.153. The van der Waals surface area contributed by atoms with E-state index in [9.17, 15) is 0 Å². The molecule has 0 saturated carbocycles. The maximum absolute atomic E-state index is 6.53. The number of allylic oxidation sites excluding steroid dienone is 1. The molecule has 2 aliphatic carbocycles. The lowest BCUT2D eigenvalue weighted by Crippen LogP contribution is -2.18. The predicted octanol–water partition coefficient (Wildman–Crippen LogP) is 17.5. The van der Waals surface area contributed by atoms with Crippen LogP contribution in [0.4, 0.5) is 34.1 Å². The van der Waals surface area contributed by atoms with Gasteiger partial charge in [0.1, 0.15) is 0 Å². The van der Waals surface area contributed by atoms with Crippen molar-refractivity contribution in [1.82, 2.24) is 0 Å². The van der Waals surface area contributed by atoms with Crippen molar-refractivity contribution in [2.75, 3.05) is 9.80 Å². The van der Waals surface area contributed by atoms with E-state index in [0.717, 1.165) is 53.5 Å². The number of hydrogen-bond donors (Lipinski definition) is 0. The molecule has 0 aromatic heterocycles. The van der Waals surface area contributed by atoms with E-state index in [1.54, 1.807) is 0 Å². The van der Waals surface area contributed by atoms with Gasteiger partial charge in [0.2, 0.25) is 0 Å². The zero-order valence-corrected chi connectivity index (χ0v) is 37.6. The Labute approximate surface area is 391 Å². The van der Waals surface area contributed by atoms with Crippen LogP contribution in [0.15, 0.2) is 200 Å². The molecule has 0 spiro atoms. The molecule has 0 unspecified atom stereocenters. The van der Waals surface area contributed by atoms with E-state index >= 15 is 0 Å². The van der Waals surface area contributed by atoms with Gasteiger partial charge in [-0.3, -0.25) is 0 Å². The Hall–Kier alpha value is -8.14. The molecule has 2 aliphatic heterocycles. The van der Waals surface area contributed by atoms with Crippen LogP contribution in [0.25, 0.3) is 61.0 Å². The van der Waals surface area contributed by atoms with Crippen LogP contribution in [0.1, 0.15) is 53.6 Å². The summed E-state index contributed by atoms with van der Waals surface area (Å²) in [5, 5.41) is 4.92. The summed E-state index contributed by atoms with van der Waals surface area (Å²) < 4.78 is 6.53. The van der Waals surface area contributed by atoms with Crippen molar-refractivity contribution in [3.8, 4) is 44.9 Å². The lowest BCUT2D eigenvalue weighted by molar-refractivity contribution is 0.477. The normalized spacial score (nSPS) is 14.7. The average Bonchev–Trinajstić information content (AvgIpc) is 3.60. The van der Waals surface area contributed by atoms with Gasteiger partial charge in [-0.2, -0.15) is 0 Å². The fourth-order valence-electron chi connectivity index (χ4n) is 11.9.